The SMILES string of the molecule is CC.CC.CC.CNC(=O)C(C)=O. The molecule has 0 fully saturated rings. The van der Waals surface area contributed by atoms with Crippen LogP contribution in [0, 0.1) is 0 Å². The van der Waals surface area contributed by atoms with Crippen molar-refractivity contribution < 1.29 is 9.59 Å². The third kappa shape index (κ3) is 35.2. The van der Waals surface area contributed by atoms with Crippen LogP contribution in [0.4, 0.5) is 0 Å². The Bertz CT molecular complexity index is 101. The van der Waals surface area contributed by atoms with Crippen LogP contribution in [-0.4, -0.2) is 18.7 Å². The van der Waals surface area contributed by atoms with Crippen molar-refractivity contribution in [2.75, 3.05) is 7.05 Å². The molecule has 13 heavy (non-hydrogen) atoms. The highest BCUT2D eigenvalue weighted by molar-refractivity contribution is 6.35. The number of likely N-dealkylation sites (N-methyl/N-ethyl adjacent to an activating group) is 1. The summed E-state index contributed by atoms with van der Waals surface area (Å²) in [4.78, 5) is 20.0. The Kier molecular flexibility index (Phi) is 53.1. The van der Waals surface area contributed by atoms with Crippen LogP contribution >= 0.6 is 0 Å². The molecule has 0 spiro atoms. The first kappa shape index (κ1) is 22.7. The predicted molar refractivity (Wildman–Crippen MR) is 58.8 cm³/mol. The fraction of sp³-hybridized carbons (Fsp3) is 0.800. The zero-order valence-corrected chi connectivity index (χ0v) is 10.3. The van der Waals surface area contributed by atoms with E-state index < -0.39 is 11.7 Å². The van der Waals surface area contributed by atoms with Crippen LogP contribution in [0.3, 0.4) is 0 Å². The van der Waals surface area contributed by atoms with Crippen molar-refractivity contribution in [3.8, 4) is 0 Å². The van der Waals surface area contributed by atoms with E-state index >= 15 is 0 Å². The maximum absolute atomic E-state index is 10.1. The van der Waals surface area contributed by atoms with Gasteiger partial charge in [-0.05, 0) is 0 Å². The molecule has 0 aliphatic rings. The average Bonchev–Trinajstić information content (AvgIpc) is 2.25. The molecule has 0 heterocycles. The lowest BCUT2D eigenvalue weighted by Gasteiger charge is -1.86. The number of hydrogen-bond acceptors (Lipinski definition) is 2. The number of carbonyl (C=O) groups is 2. The van der Waals surface area contributed by atoms with Crippen molar-refractivity contribution >= 4 is 11.7 Å². The molecule has 3 nitrogen and oxygen atoms in total. The summed E-state index contributed by atoms with van der Waals surface area (Å²) in [6.07, 6.45) is 0. The third-order valence-electron chi connectivity index (χ3n) is 0.547. The molecule has 0 radical (unpaired) electrons. The van der Waals surface area contributed by atoms with Gasteiger partial charge in [0.05, 0.1) is 0 Å². The summed E-state index contributed by atoms with van der Waals surface area (Å²) in [6, 6.07) is 0. The molecule has 82 valence electrons. The largest absolute Gasteiger partial charge is 0.353 e. The fourth-order valence-electron chi connectivity index (χ4n) is 0.176. The number of nitrogens with one attached hydrogen (secondary N) is 1. The van der Waals surface area contributed by atoms with Gasteiger partial charge in [0.15, 0.2) is 0 Å². The molecule has 0 bridgehead atoms. The number of amides is 1. The van der Waals surface area contributed by atoms with Gasteiger partial charge in [-0.15, -0.1) is 0 Å². The van der Waals surface area contributed by atoms with Gasteiger partial charge in [0.2, 0.25) is 5.78 Å². The Hall–Kier alpha value is -0.860. The molecule has 0 atom stereocenters. The van der Waals surface area contributed by atoms with Crippen molar-refractivity contribution in [1.29, 1.82) is 0 Å². The van der Waals surface area contributed by atoms with Gasteiger partial charge in [-0.2, -0.15) is 0 Å². The van der Waals surface area contributed by atoms with Crippen molar-refractivity contribution in [1.82, 2.24) is 5.32 Å². The molecule has 0 saturated carbocycles. The molecule has 0 aliphatic carbocycles. The second-order valence-corrected chi connectivity index (χ2v) is 1.14. The first-order valence-electron chi connectivity index (χ1n) is 4.91. The molecule has 0 rings (SSSR count). The van der Waals surface area contributed by atoms with E-state index in [9.17, 15) is 9.59 Å². The lowest BCUT2D eigenvalue weighted by molar-refractivity contribution is -0.136. The summed E-state index contributed by atoms with van der Waals surface area (Å²) in [5.41, 5.74) is 0. The van der Waals surface area contributed by atoms with Gasteiger partial charge in [0.25, 0.3) is 5.91 Å². The number of carbonyl (C=O) groups excluding carboxylic acids is 2. The van der Waals surface area contributed by atoms with Crippen LogP contribution in [0.15, 0.2) is 0 Å². The van der Waals surface area contributed by atoms with E-state index in [-0.39, 0.29) is 0 Å². The molecule has 0 aromatic heterocycles. The van der Waals surface area contributed by atoms with Crippen LogP contribution in [0.2, 0.25) is 0 Å². The minimum atomic E-state index is -0.542. The number of Topliss-reactive ketones (excluding diaryl/α,β-unsaturated/α-hetero) is 1. The van der Waals surface area contributed by atoms with Crippen LogP contribution in [0.1, 0.15) is 48.5 Å². The molecule has 1 N–H and O–H groups in total. The minimum absolute atomic E-state index is 0.456. The van der Waals surface area contributed by atoms with Crippen LogP contribution in [0.25, 0.3) is 0 Å². The van der Waals surface area contributed by atoms with Gasteiger partial charge < -0.3 is 5.32 Å². The molecule has 0 aromatic carbocycles. The Labute approximate surface area is 82.9 Å². The lowest BCUT2D eigenvalue weighted by atomic mass is 10.4. The average molecular weight is 191 g/mol. The number of ketones is 1. The van der Waals surface area contributed by atoms with Gasteiger partial charge in [0, 0.05) is 14.0 Å². The molecular formula is C10H25NO2. The fourth-order valence-corrected chi connectivity index (χ4v) is 0.176. The van der Waals surface area contributed by atoms with Crippen LogP contribution in [0.5, 0.6) is 0 Å². The molecule has 0 unspecified atom stereocenters. The van der Waals surface area contributed by atoms with Crippen LogP contribution in [-0.2, 0) is 9.59 Å². The second kappa shape index (κ2) is 30.4. The summed E-state index contributed by atoms with van der Waals surface area (Å²) >= 11 is 0. The summed E-state index contributed by atoms with van der Waals surface area (Å²) < 4.78 is 0. The maximum Gasteiger partial charge on any atom is 0.286 e. The normalized spacial score (nSPS) is 5.54. The van der Waals surface area contributed by atoms with Gasteiger partial charge in [-0.3, -0.25) is 9.59 Å². The van der Waals surface area contributed by atoms with Crippen molar-refractivity contribution in [3.05, 3.63) is 0 Å². The van der Waals surface area contributed by atoms with E-state index in [2.05, 4.69) is 5.32 Å². The zero-order valence-electron chi connectivity index (χ0n) is 10.3. The summed E-state index contributed by atoms with van der Waals surface area (Å²) in [5, 5.41) is 2.18. The Morgan fingerprint density at radius 1 is 0.846 bits per heavy atom. The highest BCUT2D eigenvalue weighted by Crippen LogP contribution is 1.63. The summed E-state index contributed by atoms with van der Waals surface area (Å²) in [6.45, 7) is 13.2. The predicted octanol–water partition coefficient (Wildman–Crippen LogP) is 2.40. The van der Waals surface area contributed by atoms with Gasteiger partial charge in [0.1, 0.15) is 0 Å². The molecule has 0 aromatic rings. The molecule has 1 amide bonds. The Morgan fingerprint density at radius 2 is 1.08 bits per heavy atom. The third-order valence-corrected chi connectivity index (χ3v) is 0.547. The molecule has 3 heteroatoms. The highest BCUT2D eigenvalue weighted by atomic mass is 16.2. The monoisotopic (exact) mass is 191 g/mol. The van der Waals surface area contributed by atoms with Crippen molar-refractivity contribution in [2.45, 2.75) is 48.5 Å². The smallest absolute Gasteiger partial charge is 0.286 e. The standard InChI is InChI=1S/C4H7NO2.3C2H6/c1-3(6)4(7)5-2;3*1-2/h1-2H3,(H,5,7);3*1-2H3. The summed E-state index contributed by atoms with van der Waals surface area (Å²) in [5.74, 6) is -0.998. The van der Waals surface area contributed by atoms with Crippen molar-refractivity contribution in [2.24, 2.45) is 0 Å². The second-order valence-electron chi connectivity index (χ2n) is 1.14. The molecule has 0 saturated heterocycles. The maximum atomic E-state index is 10.1. The van der Waals surface area contributed by atoms with E-state index in [1.807, 2.05) is 41.5 Å². The molecule has 0 aliphatic heterocycles. The van der Waals surface area contributed by atoms with E-state index in [0.29, 0.717) is 0 Å². The van der Waals surface area contributed by atoms with E-state index in [1.54, 1.807) is 0 Å². The van der Waals surface area contributed by atoms with Gasteiger partial charge in [-0.1, -0.05) is 41.5 Å². The number of hydrogen-bond donors (Lipinski definition) is 1. The first-order chi connectivity index (χ1) is 6.18. The van der Waals surface area contributed by atoms with E-state index in [0.717, 1.165) is 0 Å². The highest BCUT2D eigenvalue weighted by Gasteiger charge is 2.00. The summed E-state index contributed by atoms with van der Waals surface area (Å²) in [7, 11) is 1.42. The zero-order chi connectivity index (χ0) is 11.9. The minimum Gasteiger partial charge on any atom is -0.353 e. The Balaban J connectivity index is -0.0000000573. The van der Waals surface area contributed by atoms with Crippen LogP contribution < -0.4 is 5.32 Å². The van der Waals surface area contributed by atoms with E-state index in [1.165, 1.54) is 14.0 Å². The van der Waals surface area contributed by atoms with Gasteiger partial charge >= 0.3 is 0 Å². The number of rotatable bonds is 1. The van der Waals surface area contributed by atoms with E-state index in [4.69, 9.17) is 0 Å². The van der Waals surface area contributed by atoms with Gasteiger partial charge in [-0.25, -0.2) is 0 Å². The molecular weight excluding hydrogens is 166 g/mol. The quantitative estimate of drug-likeness (QED) is 0.647. The Morgan fingerprint density at radius 3 is 1.08 bits per heavy atom. The first-order valence-corrected chi connectivity index (χ1v) is 4.91. The topological polar surface area (TPSA) is 46.2 Å². The lowest BCUT2D eigenvalue weighted by Crippen LogP contribution is -2.24. The van der Waals surface area contributed by atoms with Crippen molar-refractivity contribution in [3.63, 3.8) is 0 Å².